The van der Waals surface area contributed by atoms with Crippen LogP contribution in [0, 0.1) is 5.82 Å². The second-order valence-electron chi connectivity index (χ2n) is 7.43. The van der Waals surface area contributed by atoms with Crippen molar-refractivity contribution in [3.8, 4) is 17.4 Å². The summed E-state index contributed by atoms with van der Waals surface area (Å²) in [6.45, 7) is 6.00. The number of sulfonamides is 1. The van der Waals surface area contributed by atoms with Gasteiger partial charge < -0.3 is 18.9 Å². The first-order valence-corrected chi connectivity index (χ1v) is 12.1. The number of nitrogens with one attached hydrogen (secondary N) is 1. The zero-order valence-electron chi connectivity index (χ0n) is 19.6. The van der Waals surface area contributed by atoms with Crippen LogP contribution < -0.4 is 14.2 Å². The number of methoxy groups -OCH3 is 2. The van der Waals surface area contributed by atoms with Crippen molar-refractivity contribution in [1.82, 2.24) is 34.7 Å². The molecule has 2 atom stereocenters. The van der Waals surface area contributed by atoms with Gasteiger partial charge in [0, 0.05) is 5.57 Å². The summed E-state index contributed by atoms with van der Waals surface area (Å²) in [5.74, 6) is -0.571. The summed E-state index contributed by atoms with van der Waals surface area (Å²) in [7, 11) is -1.43. The van der Waals surface area contributed by atoms with Crippen LogP contribution in [0.25, 0.3) is 11.3 Å². The van der Waals surface area contributed by atoms with Gasteiger partial charge in [-0.2, -0.15) is 9.97 Å². The molecule has 0 aromatic carbocycles. The van der Waals surface area contributed by atoms with Gasteiger partial charge in [-0.3, -0.25) is 9.29 Å². The number of halogens is 1. The molecule has 0 unspecified atom stereocenters. The third-order valence-electron chi connectivity index (χ3n) is 5.25. The molecule has 1 aliphatic heterocycles. The van der Waals surface area contributed by atoms with Gasteiger partial charge in [0.1, 0.15) is 17.7 Å². The predicted octanol–water partition coefficient (Wildman–Crippen LogP) is 0.935. The molecule has 192 valence electrons. The molecule has 0 saturated carbocycles. The summed E-state index contributed by atoms with van der Waals surface area (Å²) in [5, 5.41) is 6.95. The third kappa shape index (κ3) is 4.95. The molecule has 3 aromatic heterocycles. The maximum atomic E-state index is 13.3. The molecule has 1 saturated heterocycles. The first-order chi connectivity index (χ1) is 17.3. The van der Waals surface area contributed by atoms with E-state index in [2.05, 4.69) is 41.4 Å². The highest BCUT2D eigenvalue weighted by Crippen LogP contribution is 2.35. The van der Waals surface area contributed by atoms with Gasteiger partial charge in [0.2, 0.25) is 27.7 Å². The molecular weight excluding hydrogens is 499 g/mol. The van der Waals surface area contributed by atoms with Crippen LogP contribution >= 0.6 is 0 Å². The molecular formula is C20H23FN8O6S. The standard InChI is InChI=1S/C20H23FN8O6S/c1-11(16-22-7-13(21)8-23-16)12(2)36(30,31)28-20-27-26-17(14-9-34-5-6-35-14)29(20)15-18(32-3)24-10-25-19(15)33-4/h7-8,10,12,14H,1,5-6,9H2,2-4H3,(H,27,28)/t12-,14+/m0/s1. The van der Waals surface area contributed by atoms with Crippen LogP contribution in [0.15, 0.2) is 25.3 Å². The Morgan fingerprint density at radius 1 is 1.17 bits per heavy atom. The van der Waals surface area contributed by atoms with E-state index in [1.807, 2.05) is 0 Å². The summed E-state index contributed by atoms with van der Waals surface area (Å²) in [6.07, 6.45) is 2.38. The fourth-order valence-corrected chi connectivity index (χ4v) is 4.37. The minimum atomic E-state index is -4.20. The van der Waals surface area contributed by atoms with Gasteiger partial charge in [-0.05, 0) is 6.92 Å². The summed E-state index contributed by atoms with van der Waals surface area (Å²) < 4.78 is 65.6. The van der Waals surface area contributed by atoms with Gasteiger partial charge in [0.25, 0.3) is 0 Å². The molecule has 16 heteroatoms. The quantitative estimate of drug-likeness (QED) is 0.423. The molecule has 0 spiro atoms. The van der Waals surface area contributed by atoms with Crippen LogP contribution in [-0.4, -0.2) is 82.4 Å². The van der Waals surface area contributed by atoms with Crippen molar-refractivity contribution in [2.24, 2.45) is 0 Å². The number of rotatable bonds is 9. The van der Waals surface area contributed by atoms with E-state index < -0.39 is 27.2 Å². The number of ether oxygens (including phenoxy) is 4. The number of anilines is 1. The molecule has 0 amide bonds. The third-order valence-corrected chi connectivity index (χ3v) is 6.94. The fraction of sp³-hybridized carbons (Fsp3) is 0.400. The maximum Gasteiger partial charge on any atom is 0.245 e. The van der Waals surface area contributed by atoms with E-state index in [4.69, 9.17) is 18.9 Å². The first kappa shape index (κ1) is 25.3. The largest absolute Gasteiger partial charge is 0.479 e. The van der Waals surface area contributed by atoms with Crippen molar-refractivity contribution in [3.05, 3.63) is 42.8 Å². The lowest BCUT2D eigenvalue weighted by Crippen LogP contribution is -2.29. The van der Waals surface area contributed by atoms with Crippen molar-refractivity contribution < 1.29 is 31.8 Å². The predicted molar refractivity (Wildman–Crippen MR) is 123 cm³/mol. The zero-order chi connectivity index (χ0) is 25.9. The van der Waals surface area contributed by atoms with Gasteiger partial charge in [-0.1, -0.05) is 6.58 Å². The second kappa shape index (κ2) is 10.5. The lowest BCUT2D eigenvalue weighted by molar-refractivity contribution is -0.0941. The fourth-order valence-electron chi connectivity index (χ4n) is 3.33. The zero-order valence-corrected chi connectivity index (χ0v) is 20.4. The number of hydrogen-bond acceptors (Lipinski definition) is 12. The molecule has 0 bridgehead atoms. The van der Waals surface area contributed by atoms with E-state index in [0.29, 0.717) is 13.2 Å². The molecule has 1 aliphatic rings. The Morgan fingerprint density at radius 2 is 1.83 bits per heavy atom. The summed E-state index contributed by atoms with van der Waals surface area (Å²) >= 11 is 0. The van der Waals surface area contributed by atoms with Crippen LogP contribution in [0.3, 0.4) is 0 Å². The van der Waals surface area contributed by atoms with E-state index in [-0.39, 0.29) is 47.2 Å². The van der Waals surface area contributed by atoms with Crippen LogP contribution in [0.5, 0.6) is 11.8 Å². The van der Waals surface area contributed by atoms with Gasteiger partial charge in [0.05, 0.1) is 46.4 Å². The van der Waals surface area contributed by atoms with Gasteiger partial charge in [-0.25, -0.2) is 22.8 Å². The molecule has 3 aromatic rings. The van der Waals surface area contributed by atoms with Crippen LogP contribution in [-0.2, 0) is 19.5 Å². The Hall–Kier alpha value is -3.76. The Labute approximate surface area is 205 Å². The monoisotopic (exact) mass is 522 g/mol. The topological polar surface area (TPSA) is 165 Å². The van der Waals surface area contributed by atoms with Crippen molar-refractivity contribution in [2.45, 2.75) is 18.3 Å². The van der Waals surface area contributed by atoms with Crippen molar-refractivity contribution in [3.63, 3.8) is 0 Å². The number of aromatic nitrogens is 7. The molecule has 1 N–H and O–H groups in total. The Kier molecular flexibility index (Phi) is 7.37. The average Bonchev–Trinajstić information content (AvgIpc) is 3.30. The number of hydrogen-bond donors (Lipinski definition) is 1. The van der Waals surface area contributed by atoms with E-state index >= 15 is 0 Å². The van der Waals surface area contributed by atoms with Crippen LogP contribution in [0.2, 0.25) is 0 Å². The van der Waals surface area contributed by atoms with Gasteiger partial charge >= 0.3 is 0 Å². The van der Waals surface area contributed by atoms with Crippen molar-refractivity contribution >= 4 is 21.5 Å². The Morgan fingerprint density at radius 3 is 2.42 bits per heavy atom. The second-order valence-corrected chi connectivity index (χ2v) is 9.43. The minimum Gasteiger partial charge on any atom is -0.479 e. The minimum absolute atomic E-state index is 0.0241. The van der Waals surface area contributed by atoms with Crippen molar-refractivity contribution in [2.75, 3.05) is 38.8 Å². The molecule has 36 heavy (non-hydrogen) atoms. The Bertz CT molecular complexity index is 1320. The SMILES string of the molecule is C=C(c1ncc(F)cn1)[C@H](C)S(=O)(=O)Nc1nnc([C@H]2COCCO2)n1-c1c(OC)ncnc1OC. The highest BCUT2D eigenvalue weighted by molar-refractivity contribution is 7.93. The van der Waals surface area contributed by atoms with E-state index in [1.54, 1.807) is 0 Å². The normalized spacial score (nSPS) is 16.8. The van der Waals surface area contributed by atoms with E-state index in [1.165, 1.54) is 32.0 Å². The van der Waals surface area contributed by atoms with E-state index in [0.717, 1.165) is 12.4 Å². The van der Waals surface area contributed by atoms with Crippen molar-refractivity contribution in [1.29, 1.82) is 0 Å². The Balaban J connectivity index is 1.77. The molecule has 0 radical (unpaired) electrons. The summed E-state index contributed by atoms with van der Waals surface area (Å²) in [6, 6.07) is 0. The first-order valence-electron chi connectivity index (χ1n) is 10.5. The lowest BCUT2D eigenvalue weighted by Gasteiger charge is -2.24. The number of nitrogens with zero attached hydrogens (tertiary/aromatic N) is 7. The van der Waals surface area contributed by atoms with Crippen LogP contribution in [0.4, 0.5) is 10.3 Å². The molecule has 0 aliphatic carbocycles. The smallest absolute Gasteiger partial charge is 0.245 e. The van der Waals surface area contributed by atoms with E-state index in [9.17, 15) is 12.8 Å². The maximum absolute atomic E-state index is 13.3. The summed E-state index contributed by atoms with van der Waals surface area (Å²) in [4.78, 5) is 15.8. The molecule has 4 rings (SSSR count). The highest BCUT2D eigenvalue weighted by atomic mass is 32.2. The lowest BCUT2D eigenvalue weighted by atomic mass is 10.2. The molecule has 1 fully saturated rings. The highest BCUT2D eigenvalue weighted by Gasteiger charge is 2.33. The van der Waals surface area contributed by atoms with Crippen LogP contribution in [0.1, 0.15) is 24.7 Å². The average molecular weight is 523 g/mol. The van der Waals surface area contributed by atoms with Gasteiger partial charge in [-0.15, -0.1) is 10.2 Å². The molecule has 4 heterocycles. The summed E-state index contributed by atoms with van der Waals surface area (Å²) in [5.41, 5.74) is 0.179. The molecule has 14 nitrogen and oxygen atoms in total. The van der Waals surface area contributed by atoms with Gasteiger partial charge in [0.15, 0.2) is 23.2 Å².